The molecule has 61 heavy (non-hydrogen) atoms. The number of allylic oxidation sites excluding steroid dienone is 2. The molecule has 2 fully saturated rings. The number of H-pyrrole nitrogens is 1. The summed E-state index contributed by atoms with van der Waals surface area (Å²) in [5.41, 5.74) is -0.469. The number of ether oxygens (including phenoxy) is 5. The molecule has 4 rings (SSSR count). The molecule has 3 heterocycles. The van der Waals surface area contributed by atoms with Crippen molar-refractivity contribution in [1.82, 2.24) is 25.5 Å². The van der Waals surface area contributed by atoms with Crippen molar-refractivity contribution in [3.63, 3.8) is 0 Å². The Bertz CT molecular complexity index is 1890. The average molecular weight is 916 g/mol. The minimum atomic E-state index is -3.29. The fourth-order valence-electron chi connectivity index (χ4n) is 6.99. The Balaban J connectivity index is 1.21. The standard InChI is InChI=1S/C39H58N5O14PS2/c1-25(46)42-32-34(49)33(48)29(21-45)58-36(32)54-20-12-11-18-41-37(60)40-17-10-5-3-4-9-15-27-28(24-59(52,61)53-2)30(57-35(27)44-19-16-31(47)43-38(44)50)23-56-39(51)55-22-26-13-7-6-8-14-26/h4,6-9,13-14,16,19,27-30,32-36,45,48-49H,3,5,10-12,15,17-18,20-24H2,1-2H3,(H,42,46)(H,52,61)(H2,40,41,60)(H,43,47,50)/b9-4+/t27-,28?,29+,30+,32+,33-,34+,35+,36+,59?/m0/s1. The summed E-state index contributed by atoms with van der Waals surface area (Å²) in [4.78, 5) is 62.1. The monoisotopic (exact) mass is 915 g/mol. The van der Waals surface area contributed by atoms with Crippen LogP contribution in [0, 0.1) is 11.8 Å². The molecule has 0 radical (unpaired) electrons. The SMILES string of the molecule is COP(O)(=S)CC1[C@@H](COC(=O)OCc2ccccc2)O[C@@H](n2ccc(=O)[nH]c2=O)[C@H]1C/C=C/CCCCNC(=S)NCCCCO[C@@H]1O[C@H](CO)[C@H](O)[C@H](O)[C@H]1NC(C)=O. The van der Waals surface area contributed by atoms with E-state index >= 15 is 0 Å². The van der Waals surface area contributed by atoms with Gasteiger partial charge in [-0.1, -0.05) is 42.5 Å². The number of hydrogen-bond acceptors (Lipinski definition) is 15. The number of unbranched alkanes of at least 4 members (excludes halogenated alkanes) is 3. The topological polar surface area (TPSA) is 261 Å². The summed E-state index contributed by atoms with van der Waals surface area (Å²) in [6, 6.07) is 9.32. The number of aliphatic hydroxyl groups is 3. The highest BCUT2D eigenvalue weighted by Crippen LogP contribution is 2.51. The third kappa shape index (κ3) is 16.2. The van der Waals surface area contributed by atoms with Crippen molar-refractivity contribution in [3.05, 3.63) is 81.1 Å². The number of carbonyl (C=O) groups is 2. The number of thiocarbonyl (C=S) groups is 1. The second kappa shape index (κ2) is 25.5. The smallest absolute Gasteiger partial charge is 0.432 e. The highest BCUT2D eigenvalue weighted by molar-refractivity contribution is 8.09. The maximum absolute atomic E-state index is 12.9. The summed E-state index contributed by atoms with van der Waals surface area (Å²) in [5.74, 6) is -1.36. The maximum Gasteiger partial charge on any atom is 0.508 e. The van der Waals surface area contributed by atoms with Crippen LogP contribution in [0.15, 0.2) is 64.3 Å². The van der Waals surface area contributed by atoms with Crippen molar-refractivity contribution in [1.29, 1.82) is 0 Å². The Kier molecular flexibility index (Phi) is 20.9. The van der Waals surface area contributed by atoms with Crippen LogP contribution < -0.4 is 27.2 Å². The van der Waals surface area contributed by atoms with Crippen LogP contribution in [0.4, 0.5) is 4.79 Å². The van der Waals surface area contributed by atoms with Gasteiger partial charge < -0.3 is 64.4 Å². The molecular weight excluding hydrogens is 858 g/mol. The molecule has 0 saturated carbocycles. The van der Waals surface area contributed by atoms with E-state index in [0.29, 0.717) is 37.5 Å². The number of aromatic nitrogens is 2. The van der Waals surface area contributed by atoms with E-state index in [-0.39, 0.29) is 26.0 Å². The minimum Gasteiger partial charge on any atom is -0.432 e. The Labute approximate surface area is 364 Å². The molecule has 2 aliphatic heterocycles. The van der Waals surface area contributed by atoms with Crippen molar-refractivity contribution in [2.24, 2.45) is 11.8 Å². The Hall–Kier alpha value is -3.60. The Morgan fingerprint density at radius 2 is 1.69 bits per heavy atom. The molecule has 2 aliphatic rings. The van der Waals surface area contributed by atoms with Gasteiger partial charge in [0.05, 0.1) is 12.7 Å². The van der Waals surface area contributed by atoms with E-state index in [2.05, 4.69) is 20.9 Å². The van der Waals surface area contributed by atoms with Gasteiger partial charge in [0.1, 0.15) is 43.8 Å². The molecule has 1 aromatic heterocycles. The second-order valence-electron chi connectivity index (χ2n) is 14.6. The molecule has 2 aromatic rings. The summed E-state index contributed by atoms with van der Waals surface area (Å²) < 4.78 is 34.9. The molecule has 2 unspecified atom stereocenters. The number of rotatable bonds is 23. The van der Waals surface area contributed by atoms with E-state index in [1.54, 1.807) is 0 Å². The van der Waals surface area contributed by atoms with Crippen LogP contribution in [0.3, 0.4) is 0 Å². The fourth-order valence-corrected chi connectivity index (χ4v) is 8.90. The zero-order valence-electron chi connectivity index (χ0n) is 34.2. The van der Waals surface area contributed by atoms with Crippen molar-refractivity contribution in [2.75, 3.05) is 46.2 Å². The first kappa shape index (κ1) is 50.0. The molecule has 0 spiro atoms. The lowest BCUT2D eigenvalue weighted by atomic mass is 9.88. The second-order valence-corrected chi connectivity index (χ2v) is 18.8. The lowest BCUT2D eigenvalue weighted by Crippen LogP contribution is -2.64. The zero-order chi connectivity index (χ0) is 44.4. The normalized spacial score (nSPS) is 26.0. The number of benzene rings is 1. The van der Waals surface area contributed by atoms with Gasteiger partial charge in [-0.25, -0.2) is 9.59 Å². The zero-order valence-corrected chi connectivity index (χ0v) is 36.7. The molecule has 0 aliphatic carbocycles. The predicted octanol–water partition coefficient (Wildman–Crippen LogP) is 1.29. The number of carbonyl (C=O) groups excluding carboxylic acids is 2. The van der Waals surface area contributed by atoms with E-state index in [9.17, 15) is 39.4 Å². The number of nitrogens with zero attached hydrogens (tertiary/aromatic N) is 1. The van der Waals surface area contributed by atoms with E-state index in [1.165, 1.54) is 30.9 Å². The Morgan fingerprint density at radius 3 is 2.36 bits per heavy atom. The largest absolute Gasteiger partial charge is 0.508 e. The van der Waals surface area contributed by atoms with Crippen LogP contribution in [0.1, 0.15) is 57.2 Å². The highest BCUT2D eigenvalue weighted by Gasteiger charge is 2.48. The maximum atomic E-state index is 12.9. The third-order valence-corrected chi connectivity index (χ3v) is 12.8. The van der Waals surface area contributed by atoms with Crippen LogP contribution >= 0.6 is 18.7 Å². The first-order valence-electron chi connectivity index (χ1n) is 20.1. The molecule has 1 amide bonds. The molecule has 8 N–H and O–H groups in total. The van der Waals surface area contributed by atoms with E-state index in [4.69, 9.17) is 52.2 Å². The number of nitrogens with one attached hydrogen (secondary N) is 4. The minimum absolute atomic E-state index is 0.00715. The quantitative estimate of drug-likeness (QED) is 0.0257. The summed E-state index contributed by atoms with van der Waals surface area (Å²) in [5, 5.41) is 39.4. The average Bonchev–Trinajstić information content (AvgIpc) is 3.56. The van der Waals surface area contributed by atoms with Crippen LogP contribution in [-0.2, 0) is 51.4 Å². The van der Waals surface area contributed by atoms with Crippen molar-refractivity contribution < 1.29 is 58.0 Å². The molecule has 2 saturated heterocycles. The summed E-state index contributed by atoms with van der Waals surface area (Å²) in [6.45, 7) is -1.32. The van der Waals surface area contributed by atoms with Crippen molar-refractivity contribution in [2.45, 2.75) is 95.0 Å². The van der Waals surface area contributed by atoms with Crippen molar-refractivity contribution in [3.8, 4) is 0 Å². The summed E-state index contributed by atoms with van der Waals surface area (Å²) >= 11 is 10.8. The van der Waals surface area contributed by atoms with Gasteiger partial charge in [0.15, 0.2) is 17.9 Å². The lowest BCUT2D eigenvalue weighted by molar-refractivity contribution is -0.270. The number of aliphatic hydroxyl groups excluding tert-OH is 3. The number of aromatic amines is 1. The Morgan fingerprint density at radius 1 is 0.967 bits per heavy atom. The highest BCUT2D eigenvalue weighted by atomic mass is 32.5. The van der Waals surface area contributed by atoms with Gasteiger partial charge in [0.25, 0.3) is 5.56 Å². The van der Waals surface area contributed by atoms with E-state index in [0.717, 1.165) is 24.8 Å². The van der Waals surface area contributed by atoms with Gasteiger partial charge in [0.2, 0.25) is 5.91 Å². The van der Waals surface area contributed by atoms with Gasteiger partial charge in [-0.15, -0.1) is 0 Å². The first-order valence-corrected chi connectivity index (χ1v) is 23.4. The van der Waals surface area contributed by atoms with Crippen molar-refractivity contribution >= 4 is 47.7 Å². The van der Waals surface area contributed by atoms with Gasteiger partial charge in [0, 0.05) is 64.0 Å². The third-order valence-electron chi connectivity index (χ3n) is 10.2. The van der Waals surface area contributed by atoms with Crippen LogP contribution in [0.25, 0.3) is 0 Å². The molecule has 22 heteroatoms. The van der Waals surface area contributed by atoms with E-state index in [1.807, 2.05) is 42.5 Å². The lowest BCUT2D eigenvalue weighted by Gasteiger charge is -2.42. The molecular formula is C39H58N5O14PS2. The van der Waals surface area contributed by atoms with Gasteiger partial charge in [-0.05, 0) is 68.1 Å². The first-order chi connectivity index (χ1) is 29.2. The fraction of sp³-hybridized carbons (Fsp3) is 0.615. The van der Waals surface area contributed by atoms with Gasteiger partial charge in [-0.3, -0.25) is 19.1 Å². The molecule has 0 bridgehead atoms. The van der Waals surface area contributed by atoms with Crippen LogP contribution in [-0.4, -0.2) is 130 Å². The van der Waals surface area contributed by atoms with Crippen LogP contribution in [0.5, 0.6) is 0 Å². The van der Waals surface area contributed by atoms with Gasteiger partial charge in [-0.2, -0.15) is 0 Å². The summed E-state index contributed by atoms with van der Waals surface area (Å²) in [7, 11) is 1.33. The van der Waals surface area contributed by atoms with Gasteiger partial charge >= 0.3 is 11.8 Å². The van der Waals surface area contributed by atoms with Crippen LogP contribution in [0.2, 0.25) is 0 Å². The molecule has 19 nitrogen and oxygen atoms in total. The number of hydrogen-bond donors (Lipinski definition) is 8. The number of amides is 1. The van der Waals surface area contributed by atoms with E-state index < -0.39 is 91.2 Å². The molecule has 340 valence electrons. The predicted molar refractivity (Wildman–Crippen MR) is 230 cm³/mol. The summed E-state index contributed by atoms with van der Waals surface area (Å²) in [6.07, 6.45) is 2.02. The molecule has 10 atom stereocenters. The molecule has 1 aromatic carbocycles.